The van der Waals surface area contributed by atoms with E-state index in [1.807, 2.05) is 0 Å². The molecule has 0 atom stereocenters. The number of nitrogens with zero attached hydrogens (tertiary/aromatic N) is 1. The SMILES string of the molecule is NN1CC=CC=C1C(F)(F)F. The first-order valence-electron chi connectivity index (χ1n) is 2.98. The van der Waals surface area contributed by atoms with E-state index in [2.05, 4.69) is 0 Å². The number of rotatable bonds is 0. The summed E-state index contributed by atoms with van der Waals surface area (Å²) in [6.45, 7) is 0.103. The maximum atomic E-state index is 12.0. The maximum absolute atomic E-state index is 12.0. The predicted octanol–water partition coefficient (Wildman–Crippen LogP) is 1.18. The fourth-order valence-electron chi connectivity index (χ4n) is 0.785. The molecule has 2 N–H and O–H groups in total. The van der Waals surface area contributed by atoms with Crippen LogP contribution in [0.25, 0.3) is 0 Å². The number of hydrogen-bond donors (Lipinski definition) is 1. The van der Waals surface area contributed by atoms with Gasteiger partial charge >= 0.3 is 6.18 Å². The van der Waals surface area contributed by atoms with E-state index in [-0.39, 0.29) is 6.54 Å². The maximum Gasteiger partial charge on any atom is 0.432 e. The van der Waals surface area contributed by atoms with Crippen LogP contribution in [0.3, 0.4) is 0 Å². The second-order valence-corrected chi connectivity index (χ2v) is 2.13. The first kappa shape index (κ1) is 8.13. The molecule has 0 unspecified atom stereocenters. The standard InChI is InChI=1S/C6H7F3N2/c7-6(8,9)5-3-1-2-4-11(5)10/h1-3H,4,10H2. The van der Waals surface area contributed by atoms with Gasteiger partial charge in [0.05, 0.1) is 6.54 Å². The van der Waals surface area contributed by atoms with Gasteiger partial charge < -0.3 is 5.01 Å². The Hall–Kier alpha value is -0.970. The first-order chi connectivity index (χ1) is 5.02. The number of hydrogen-bond acceptors (Lipinski definition) is 2. The largest absolute Gasteiger partial charge is 0.432 e. The van der Waals surface area contributed by atoms with Gasteiger partial charge in [-0.3, -0.25) is 0 Å². The lowest BCUT2D eigenvalue weighted by molar-refractivity contribution is -0.111. The smallest absolute Gasteiger partial charge is 0.303 e. The van der Waals surface area contributed by atoms with Crippen molar-refractivity contribution in [3.8, 4) is 0 Å². The van der Waals surface area contributed by atoms with Crippen LogP contribution in [0.4, 0.5) is 13.2 Å². The van der Waals surface area contributed by atoms with Gasteiger partial charge in [0.2, 0.25) is 0 Å². The number of alkyl halides is 3. The number of halogens is 3. The van der Waals surface area contributed by atoms with E-state index in [1.54, 1.807) is 6.08 Å². The molecule has 0 radical (unpaired) electrons. The summed E-state index contributed by atoms with van der Waals surface area (Å²) in [6, 6.07) is 0. The highest BCUT2D eigenvalue weighted by atomic mass is 19.4. The van der Waals surface area contributed by atoms with Crippen LogP contribution in [-0.4, -0.2) is 17.7 Å². The van der Waals surface area contributed by atoms with Crippen molar-refractivity contribution in [1.29, 1.82) is 0 Å². The van der Waals surface area contributed by atoms with E-state index in [0.29, 0.717) is 5.01 Å². The third kappa shape index (κ3) is 1.74. The Bertz CT molecular complexity index is 204. The van der Waals surface area contributed by atoms with Crippen LogP contribution in [0.5, 0.6) is 0 Å². The molecule has 0 bridgehead atoms. The minimum Gasteiger partial charge on any atom is -0.303 e. The summed E-state index contributed by atoms with van der Waals surface area (Å²) in [7, 11) is 0. The Balaban J connectivity index is 2.84. The van der Waals surface area contributed by atoms with Gasteiger partial charge in [0, 0.05) is 0 Å². The molecule has 0 saturated carbocycles. The average molecular weight is 164 g/mol. The molecule has 0 aromatic carbocycles. The van der Waals surface area contributed by atoms with Gasteiger partial charge in [0.15, 0.2) is 0 Å². The van der Waals surface area contributed by atoms with E-state index < -0.39 is 11.9 Å². The highest BCUT2D eigenvalue weighted by molar-refractivity contribution is 5.20. The third-order valence-corrected chi connectivity index (χ3v) is 1.29. The van der Waals surface area contributed by atoms with Crippen molar-refractivity contribution < 1.29 is 13.2 Å². The van der Waals surface area contributed by atoms with E-state index in [1.165, 1.54) is 6.08 Å². The van der Waals surface area contributed by atoms with Crippen LogP contribution in [0.1, 0.15) is 0 Å². The normalized spacial score (nSPS) is 18.5. The van der Waals surface area contributed by atoms with Crippen molar-refractivity contribution in [1.82, 2.24) is 5.01 Å². The van der Waals surface area contributed by atoms with Crippen LogP contribution < -0.4 is 5.84 Å². The Kier molecular flexibility index (Phi) is 1.90. The van der Waals surface area contributed by atoms with Crippen LogP contribution in [-0.2, 0) is 0 Å². The van der Waals surface area contributed by atoms with Crippen molar-refractivity contribution >= 4 is 0 Å². The van der Waals surface area contributed by atoms with Crippen molar-refractivity contribution in [2.24, 2.45) is 5.84 Å². The molecule has 0 aliphatic carbocycles. The predicted molar refractivity (Wildman–Crippen MR) is 34.2 cm³/mol. The molecule has 0 spiro atoms. The minimum atomic E-state index is -4.35. The summed E-state index contributed by atoms with van der Waals surface area (Å²) in [5.74, 6) is 5.06. The summed E-state index contributed by atoms with van der Waals surface area (Å²) >= 11 is 0. The molecule has 5 heteroatoms. The molecular formula is C6H7F3N2. The Morgan fingerprint density at radius 3 is 2.45 bits per heavy atom. The lowest BCUT2D eigenvalue weighted by Gasteiger charge is -2.24. The van der Waals surface area contributed by atoms with E-state index in [4.69, 9.17) is 5.84 Å². The second-order valence-electron chi connectivity index (χ2n) is 2.13. The summed E-state index contributed by atoms with van der Waals surface area (Å²) in [5, 5.41) is 0.667. The lowest BCUT2D eigenvalue weighted by Crippen LogP contribution is -2.38. The third-order valence-electron chi connectivity index (χ3n) is 1.29. The Labute approximate surface area is 61.7 Å². The quantitative estimate of drug-likeness (QED) is 0.544. The van der Waals surface area contributed by atoms with E-state index >= 15 is 0 Å². The molecule has 1 aliphatic heterocycles. The van der Waals surface area contributed by atoms with Crippen LogP contribution in [0.2, 0.25) is 0 Å². The molecular weight excluding hydrogens is 157 g/mol. The van der Waals surface area contributed by atoms with Crippen LogP contribution in [0, 0.1) is 0 Å². The van der Waals surface area contributed by atoms with Gasteiger partial charge in [-0.15, -0.1) is 0 Å². The molecule has 0 saturated heterocycles. The van der Waals surface area contributed by atoms with Gasteiger partial charge in [-0.25, -0.2) is 5.84 Å². The zero-order valence-electron chi connectivity index (χ0n) is 5.60. The average Bonchev–Trinajstić information content (AvgIpc) is 1.86. The highest BCUT2D eigenvalue weighted by Crippen LogP contribution is 2.27. The van der Waals surface area contributed by atoms with Gasteiger partial charge in [-0.1, -0.05) is 12.2 Å². The van der Waals surface area contributed by atoms with Crippen molar-refractivity contribution in [3.63, 3.8) is 0 Å². The summed E-state index contributed by atoms with van der Waals surface area (Å²) in [6.07, 6.45) is -0.509. The fourth-order valence-corrected chi connectivity index (χ4v) is 0.785. The van der Waals surface area contributed by atoms with E-state index in [9.17, 15) is 13.2 Å². The monoisotopic (exact) mass is 164 g/mol. The number of nitrogens with two attached hydrogens (primary N) is 1. The minimum absolute atomic E-state index is 0.103. The van der Waals surface area contributed by atoms with E-state index in [0.717, 1.165) is 6.08 Å². The molecule has 1 aliphatic rings. The lowest BCUT2D eigenvalue weighted by atomic mass is 10.3. The molecule has 0 aromatic heterocycles. The first-order valence-corrected chi connectivity index (χ1v) is 2.98. The summed E-state index contributed by atoms with van der Waals surface area (Å²) in [4.78, 5) is 0. The van der Waals surface area contributed by atoms with Crippen molar-refractivity contribution in [3.05, 3.63) is 23.9 Å². The van der Waals surface area contributed by atoms with Gasteiger partial charge in [0.1, 0.15) is 5.70 Å². The van der Waals surface area contributed by atoms with Crippen LogP contribution >= 0.6 is 0 Å². The van der Waals surface area contributed by atoms with Gasteiger partial charge in [-0.2, -0.15) is 13.2 Å². The van der Waals surface area contributed by atoms with Gasteiger partial charge in [-0.05, 0) is 6.08 Å². The van der Waals surface area contributed by atoms with Crippen molar-refractivity contribution in [2.75, 3.05) is 6.54 Å². The summed E-state index contributed by atoms with van der Waals surface area (Å²) in [5.41, 5.74) is -0.806. The molecule has 62 valence electrons. The van der Waals surface area contributed by atoms with Crippen LogP contribution in [0.15, 0.2) is 23.9 Å². The zero-order valence-corrected chi connectivity index (χ0v) is 5.60. The Morgan fingerprint density at radius 1 is 1.45 bits per heavy atom. The molecule has 11 heavy (non-hydrogen) atoms. The molecule has 0 fully saturated rings. The molecule has 0 aromatic rings. The number of allylic oxidation sites excluding steroid dienone is 3. The molecule has 1 heterocycles. The fraction of sp³-hybridized carbons (Fsp3) is 0.333. The van der Waals surface area contributed by atoms with Crippen molar-refractivity contribution in [2.45, 2.75) is 6.18 Å². The zero-order chi connectivity index (χ0) is 8.48. The highest BCUT2D eigenvalue weighted by Gasteiger charge is 2.36. The second kappa shape index (κ2) is 2.58. The molecule has 0 amide bonds. The summed E-state index contributed by atoms with van der Waals surface area (Å²) < 4.78 is 35.9. The topological polar surface area (TPSA) is 29.3 Å². The van der Waals surface area contributed by atoms with Gasteiger partial charge in [0.25, 0.3) is 0 Å². The Morgan fingerprint density at radius 2 is 2.09 bits per heavy atom. The molecule has 2 nitrogen and oxygen atoms in total. The molecule has 1 rings (SSSR count). The number of hydrazine groups is 1.